The van der Waals surface area contributed by atoms with Crippen molar-refractivity contribution in [3.05, 3.63) is 0 Å². The van der Waals surface area contributed by atoms with Crippen LogP contribution in [0.3, 0.4) is 0 Å². The Bertz CT molecular complexity index is 105. The highest BCUT2D eigenvalue weighted by atomic mass is 16.5. The highest BCUT2D eigenvalue weighted by Gasteiger charge is 2.08. The minimum atomic E-state index is 0.172. The summed E-state index contributed by atoms with van der Waals surface area (Å²) in [5, 5.41) is 3.45. The molecule has 80 valence electrons. The molecule has 0 aliphatic carbocycles. The first kappa shape index (κ1) is 12.9. The van der Waals surface area contributed by atoms with Crippen molar-refractivity contribution in [2.45, 2.75) is 38.8 Å². The van der Waals surface area contributed by atoms with E-state index in [1.807, 2.05) is 0 Å². The Morgan fingerprint density at radius 1 is 1.15 bits per heavy atom. The highest BCUT2D eigenvalue weighted by molar-refractivity contribution is 4.67. The molecule has 0 amide bonds. The fraction of sp³-hybridized carbons (Fsp3) is 1.00. The van der Waals surface area contributed by atoms with Crippen LogP contribution >= 0.6 is 0 Å². The summed E-state index contributed by atoms with van der Waals surface area (Å²) in [7, 11) is 3.42. The van der Waals surface area contributed by atoms with E-state index in [2.05, 4.69) is 19.2 Å². The maximum atomic E-state index is 5.24. The molecule has 0 rings (SSSR count). The van der Waals surface area contributed by atoms with E-state index in [1.165, 1.54) is 12.8 Å². The van der Waals surface area contributed by atoms with E-state index in [4.69, 9.17) is 9.47 Å². The number of hydrogen-bond donors (Lipinski definition) is 1. The second kappa shape index (κ2) is 8.48. The first-order valence-corrected chi connectivity index (χ1v) is 5.03. The minimum Gasteiger partial charge on any atom is -0.382 e. The number of hydrogen-bond acceptors (Lipinski definition) is 3. The Labute approximate surface area is 81.8 Å². The van der Waals surface area contributed by atoms with Crippen molar-refractivity contribution < 1.29 is 9.47 Å². The summed E-state index contributed by atoms with van der Waals surface area (Å²) in [4.78, 5) is 0. The third-order valence-corrected chi connectivity index (χ3v) is 2.31. The number of methoxy groups -OCH3 is 2. The van der Waals surface area contributed by atoms with E-state index < -0.39 is 0 Å². The van der Waals surface area contributed by atoms with Crippen LogP contribution in [0.4, 0.5) is 0 Å². The van der Waals surface area contributed by atoms with Crippen molar-refractivity contribution in [3.8, 4) is 0 Å². The summed E-state index contributed by atoms with van der Waals surface area (Å²) in [6.45, 7) is 5.92. The zero-order chi connectivity index (χ0) is 10.1. The molecule has 0 aromatic carbocycles. The molecule has 1 atom stereocenters. The van der Waals surface area contributed by atoms with E-state index in [0.29, 0.717) is 12.6 Å². The Morgan fingerprint density at radius 3 is 2.15 bits per heavy atom. The summed E-state index contributed by atoms with van der Waals surface area (Å²) in [6.07, 6.45) is 2.51. The molecule has 0 bridgehead atoms. The van der Waals surface area contributed by atoms with Gasteiger partial charge in [0.25, 0.3) is 0 Å². The van der Waals surface area contributed by atoms with Gasteiger partial charge in [0.05, 0.1) is 12.7 Å². The van der Waals surface area contributed by atoms with Crippen molar-refractivity contribution in [1.82, 2.24) is 5.32 Å². The smallest absolute Gasteiger partial charge is 0.0928 e. The molecule has 0 aromatic rings. The average molecular weight is 189 g/mol. The van der Waals surface area contributed by atoms with Crippen molar-refractivity contribution in [1.29, 1.82) is 0 Å². The molecule has 1 N–H and O–H groups in total. The molecular formula is C10H23NO2. The zero-order valence-corrected chi connectivity index (χ0v) is 9.30. The summed E-state index contributed by atoms with van der Waals surface area (Å²) in [6, 6.07) is 0.606. The lowest BCUT2D eigenvalue weighted by molar-refractivity contribution is 0.0272. The van der Waals surface area contributed by atoms with Crippen LogP contribution in [-0.4, -0.2) is 39.5 Å². The van der Waals surface area contributed by atoms with Gasteiger partial charge >= 0.3 is 0 Å². The molecule has 0 saturated carbocycles. The SMILES string of the molecule is CCC(CC)NCC(COC)OC. The van der Waals surface area contributed by atoms with Gasteiger partial charge in [-0.25, -0.2) is 0 Å². The van der Waals surface area contributed by atoms with Gasteiger partial charge in [0.1, 0.15) is 0 Å². The molecular weight excluding hydrogens is 166 g/mol. The maximum Gasteiger partial charge on any atom is 0.0928 e. The summed E-state index contributed by atoms with van der Waals surface area (Å²) in [5.41, 5.74) is 0. The van der Waals surface area contributed by atoms with Gasteiger partial charge in [-0.3, -0.25) is 0 Å². The van der Waals surface area contributed by atoms with Crippen LogP contribution < -0.4 is 5.32 Å². The fourth-order valence-electron chi connectivity index (χ4n) is 1.27. The Balaban J connectivity index is 3.56. The molecule has 0 saturated heterocycles. The van der Waals surface area contributed by atoms with Crippen LogP contribution in [-0.2, 0) is 9.47 Å². The van der Waals surface area contributed by atoms with Crippen molar-refractivity contribution >= 4 is 0 Å². The van der Waals surface area contributed by atoms with Gasteiger partial charge in [-0.1, -0.05) is 13.8 Å². The van der Waals surface area contributed by atoms with Gasteiger partial charge in [-0.05, 0) is 12.8 Å². The molecule has 3 nitrogen and oxygen atoms in total. The summed E-state index contributed by atoms with van der Waals surface area (Å²) >= 11 is 0. The molecule has 0 aliphatic rings. The topological polar surface area (TPSA) is 30.5 Å². The fourth-order valence-corrected chi connectivity index (χ4v) is 1.27. The van der Waals surface area contributed by atoms with E-state index in [9.17, 15) is 0 Å². The van der Waals surface area contributed by atoms with Gasteiger partial charge in [0.2, 0.25) is 0 Å². The second-order valence-electron chi connectivity index (χ2n) is 3.23. The van der Waals surface area contributed by atoms with Crippen molar-refractivity contribution in [2.24, 2.45) is 0 Å². The highest BCUT2D eigenvalue weighted by Crippen LogP contribution is 1.97. The monoisotopic (exact) mass is 189 g/mol. The van der Waals surface area contributed by atoms with Gasteiger partial charge in [-0.2, -0.15) is 0 Å². The number of ether oxygens (including phenoxy) is 2. The standard InChI is InChI=1S/C10H23NO2/c1-5-9(6-2)11-7-10(13-4)8-12-3/h9-11H,5-8H2,1-4H3. The summed E-state index contributed by atoms with van der Waals surface area (Å²) in [5.74, 6) is 0. The second-order valence-corrected chi connectivity index (χ2v) is 3.23. The number of nitrogens with one attached hydrogen (secondary N) is 1. The van der Waals surface area contributed by atoms with Gasteiger partial charge in [-0.15, -0.1) is 0 Å². The average Bonchev–Trinajstić information content (AvgIpc) is 2.17. The van der Waals surface area contributed by atoms with E-state index in [-0.39, 0.29) is 6.10 Å². The van der Waals surface area contributed by atoms with Gasteiger partial charge in [0.15, 0.2) is 0 Å². The third kappa shape index (κ3) is 6.02. The Morgan fingerprint density at radius 2 is 1.77 bits per heavy atom. The lowest BCUT2D eigenvalue weighted by atomic mass is 10.1. The van der Waals surface area contributed by atoms with Crippen LogP contribution in [0.1, 0.15) is 26.7 Å². The zero-order valence-electron chi connectivity index (χ0n) is 9.30. The predicted octanol–water partition coefficient (Wildman–Crippen LogP) is 1.43. The van der Waals surface area contributed by atoms with Crippen LogP contribution in [0.2, 0.25) is 0 Å². The minimum absolute atomic E-state index is 0.172. The normalized spacial score (nSPS) is 13.6. The lowest BCUT2D eigenvalue weighted by Gasteiger charge is -2.19. The van der Waals surface area contributed by atoms with Crippen LogP contribution in [0.15, 0.2) is 0 Å². The van der Waals surface area contributed by atoms with Crippen molar-refractivity contribution in [2.75, 3.05) is 27.4 Å². The lowest BCUT2D eigenvalue weighted by Crippen LogP contribution is -2.37. The third-order valence-electron chi connectivity index (χ3n) is 2.31. The molecule has 0 aromatic heterocycles. The first-order valence-electron chi connectivity index (χ1n) is 5.03. The van der Waals surface area contributed by atoms with Gasteiger partial charge in [0, 0.05) is 26.8 Å². The molecule has 1 unspecified atom stereocenters. The molecule has 0 spiro atoms. The van der Waals surface area contributed by atoms with Crippen LogP contribution in [0.25, 0.3) is 0 Å². The Hall–Kier alpha value is -0.120. The molecule has 13 heavy (non-hydrogen) atoms. The Kier molecular flexibility index (Phi) is 8.40. The van der Waals surface area contributed by atoms with E-state index in [1.54, 1.807) is 14.2 Å². The predicted molar refractivity (Wildman–Crippen MR) is 55.0 cm³/mol. The number of rotatable bonds is 8. The first-order chi connectivity index (χ1) is 6.28. The van der Waals surface area contributed by atoms with Gasteiger partial charge < -0.3 is 14.8 Å². The van der Waals surface area contributed by atoms with E-state index in [0.717, 1.165) is 6.54 Å². The molecule has 0 aliphatic heterocycles. The summed E-state index contributed by atoms with van der Waals surface area (Å²) < 4.78 is 10.3. The quantitative estimate of drug-likeness (QED) is 0.626. The molecule has 0 fully saturated rings. The molecule has 0 radical (unpaired) electrons. The van der Waals surface area contributed by atoms with Crippen LogP contribution in [0.5, 0.6) is 0 Å². The molecule has 0 heterocycles. The van der Waals surface area contributed by atoms with Crippen LogP contribution in [0, 0.1) is 0 Å². The van der Waals surface area contributed by atoms with Crippen molar-refractivity contribution in [3.63, 3.8) is 0 Å². The maximum absolute atomic E-state index is 5.24. The van der Waals surface area contributed by atoms with E-state index >= 15 is 0 Å². The molecule has 3 heteroatoms. The largest absolute Gasteiger partial charge is 0.382 e.